The Labute approximate surface area is 88.8 Å². The average molecular weight is 200 g/mol. The molecule has 1 atom stereocenters. The summed E-state index contributed by atoms with van der Waals surface area (Å²) in [5, 5.41) is 0. The van der Waals surface area contributed by atoms with Crippen LogP contribution in [-0.4, -0.2) is 6.79 Å². The third-order valence-corrected chi connectivity index (χ3v) is 2.81. The molecule has 76 valence electrons. The average Bonchev–Trinajstić information content (AvgIpc) is 2.77. The highest BCUT2D eigenvalue weighted by molar-refractivity contribution is 5.46. The van der Waals surface area contributed by atoms with Crippen LogP contribution in [0.1, 0.15) is 17.9 Å². The number of hydrogen-bond acceptors (Lipinski definition) is 2. The zero-order valence-electron chi connectivity index (χ0n) is 8.35. The topological polar surface area (TPSA) is 18.5 Å². The van der Waals surface area contributed by atoms with Crippen LogP contribution in [0.5, 0.6) is 11.5 Å². The molecular formula is C13H12O2. The van der Waals surface area contributed by atoms with E-state index < -0.39 is 0 Å². The first-order valence-electron chi connectivity index (χ1n) is 5.16. The summed E-state index contributed by atoms with van der Waals surface area (Å²) in [5.41, 5.74) is 1.29. The highest BCUT2D eigenvalue weighted by Gasteiger charge is 2.16. The van der Waals surface area contributed by atoms with Crippen molar-refractivity contribution in [3.05, 3.63) is 48.1 Å². The largest absolute Gasteiger partial charge is 0.454 e. The molecule has 0 radical (unpaired) electrons. The maximum absolute atomic E-state index is 5.37. The zero-order chi connectivity index (χ0) is 10.1. The van der Waals surface area contributed by atoms with Gasteiger partial charge >= 0.3 is 0 Å². The van der Waals surface area contributed by atoms with Crippen molar-refractivity contribution in [2.45, 2.75) is 12.3 Å². The van der Waals surface area contributed by atoms with Gasteiger partial charge in [0.25, 0.3) is 0 Å². The Morgan fingerprint density at radius 1 is 1.07 bits per heavy atom. The Morgan fingerprint density at radius 2 is 2.00 bits per heavy atom. The molecule has 0 saturated heterocycles. The van der Waals surface area contributed by atoms with Gasteiger partial charge in [0.2, 0.25) is 6.79 Å². The van der Waals surface area contributed by atoms with Gasteiger partial charge < -0.3 is 9.47 Å². The van der Waals surface area contributed by atoms with Crippen LogP contribution in [0.4, 0.5) is 0 Å². The summed E-state index contributed by atoms with van der Waals surface area (Å²) in [7, 11) is 0. The van der Waals surface area contributed by atoms with E-state index in [9.17, 15) is 0 Å². The summed E-state index contributed by atoms with van der Waals surface area (Å²) >= 11 is 0. The van der Waals surface area contributed by atoms with Crippen LogP contribution in [-0.2, 0) is 0 Å². The smallest absolute Gasteiger partial charge is 0.231 e. The lowest BCUT2D eigenvalue weighted by molar-refractivity contribution is 0.174. The molecule has 0 spiro atoms. The summed E-state index contributed by atoms with van der Waals surface area (Å²) in [4.78, 5) is 0. The fourth-order valence-electron chi connectivity index (χ4n) is 1.97. The first kappa shape index (κ1) is 8.60. The van der Waals surface area contributed by atoms with Gasteiger partial charge in [0.05, 0.1) is 0 Å². The Morgan fingerprint density at radius 3 is 2.87 bits per heavy atom. The number of allylic oxidation sites excluding steroid dienone is 4. The van der Waals surface area contributed by atoms with Gasteiger partial charge in [-0.1, -0.05) is 30.4 Å². The molecule has 1 aromatic rings. The third kappa shape index (κ3) is 1.52. The summed E-state index contributed by atoms with van der Waals surface area (Å²) in [6.45, 7) is 0.346. The molecule has 1 aliphatic carbocycles. The third-order valence-electron chi connectivity index (χ3n) is 2.81. The van der Waals surface area contributed by atoms with Crippen molar-refractivity contribution >= 4 is 0 Å². The van der Waals surface area contributed by atoms with Crippen LogP contribution >= 0.6 is 0 Å². The lowest BCUT2D eigenvalue weighted by Gasteiger charge is -2.13. The summed E-state index contributed by atoms with van der Waals surface area (Å²) in [5.74, 6) is 2.20. The summed E-state index contributed by atoms with van der Waals surface area (Å²) in [6.07, 6.45) is 9.66. The van der Waals surface area contributed by atoms with Gasteiger partial charge in [-0.3, -0.25) is 0 Å². The molecule has 0 saturated carbocycles. The van der Waals surface area contributed by atoms with Crippen molar-refractivity contribution in [3.8, 4) is 11.5 Å². The molecule has 0 amide bonds. The number of hydrogen-bond donors (Lipinski definition) is 0. The quantitative estimate of drug-likeness (QED) is 0.693. The Balaban J connectivity index is 1.92. The summed E-state index contributed by atoms with van der Waals surface area (Å²) in [6, 6.07) is 6.18. The molecule has 1 aromatic carbocycles. The van der Waals surface area contributed by atoms with E-state index in [1.807, 2.05) is 6.07 Å². The van der Waals surface area contributed by atoms with Crippen molar-refractivity contribution in [1.82, 2.24) is 0 Å². The molecule has 0 aromatic heterocycles. The molecule has 2 heteroatoms. The van der Waals surface area contributed by atoms with Gasteiger partial charge in [-0.2, -0.15) is 0 Å². The van der Waals surface area contributed by atoms with Crippen molar-refractivity contribution in [2.24, 2.45) is 0 Å². The molecule has 2 aliphatic rings. The second kappa shape index (κ2) is 3.46. The molecule has 3 rings (SSSR count). The van der Waals surface area contributed by atoms with Crippen LogP contribution < -0.4 is 9.47 Å². The minimum Gasteiger partial charge on any atom is -0.454 e. The van der Waals surface area contributed by atoms with E-state index in [0.29, 0.717) is 12.7 Å². The van der Waals surface area contributed by atoms with Gasteiger partial charge in [-0.05, 0) is 24.1 Å². The predicted octanol–water partition coefficient (Wildman–Crippen LogP) is 3.02. The highest BCUT2D eigenvalue weighted by atomic mass is 16.7. The van der Waals surface area contributed by atoms with E-state index in [-0.39, 0.29) is 0 Å². The number of fused-ring (bicyclic) bond motifs is 1. The standard InChI is InChI=1S/C13H12O2/c1-2-4-10(5-3-1)11-6-7-12-13(8-11)15-9-14-12/h1-4,6-8,10H,5,9H2. The monoisotopic (exact) mass is 200 g/mol. The second-order valence-corrected chi connectivity index (χ2v) is 3.77. The molecule has 0 fully saturated rings. The minimum atomic E-state index is 0.346. The van der Waals surface area contributed by atoms with E-state index in [0.717, 1.165) is 17.9 Å². The zero-order valence-corrected chi connectivity index (χ0v) is 8.35. The van der Waals surface area contributed by atoms with Crippen LogP contribution in [0.2, 0.25) is 0 Å². The number of ether oxygens (including phenoxy) is 2. The first-order valence-corrected chi connectivity index (χ1v) is 5.16. The van der Waals surface area contributed by atoms with E-state index in [4.69, 9.17) is 9.47 Å². The van der Waals surface area contributed by atoms with Gasteiger partial charge in [0, 0.05) is 5.92 Å². The van der Waals surface area contributed by atoms with Crippen molar-refractivity contribution < 1.29 is 9.47 Å². The van der Waals surface area contributed by atoms with Gasteiger partial charge in [0.1, 0.15) is 0 Å². The van der Waals surface area contributed by atoms with E-state index in [1.54, 1.807) is 0 Å². The number of rotatable bonds is 1. The van der Waals surface area contributed by atoms with Gasteiger partial charge in [-0.15, -0.1) is 0 Å². The fraction of sp³-hybridized carbons (Fsp3) is 0.231. The Hall–Kier alpha value is -1.70. The molecule has 1 unspecified atom stereocenters. The van der Waals surface area contributed by atoms with Gasteiger partial charge in [-0.25, -0.2) is 0 Å². The lowest BCUT2D eigenvalue weighted by Crippen LogP contribution is -1.96. The molecule has 0 bridgehead atoms. The second-order valence-electron chi connectivity index (χ2n) is 3.77. The van der Waals surface area contributed by atoms with Crippen LogP contribution in [0.15, 0.2) is 42.5 Å². The van der Waals surface area contributed by atoms with Gasteiger partial charge in [0.15, 0.2) is 11.5 Å². The molecule has 1 aliphatic heterocycles. The lowest BCUT2D eigenvalue weighted by atomic mass is 9.92. The van der Waals surface area contributed by atoms with Crippen molar-refractivity contribution in [1.29, 1.82) is 0 Å². The SMILES string of the molecule is C1=CCC(c2ccc3c(c2)OCO3)C=C1. The maximum atomic E-state index is 5.37. The Kier molecular flexibility index (Phi) is 1.98. The molecule has 0 N–H and O–H groups in total. The van der Waals surface area contributed by atoms with Crippen LogP contribution in [0.3, 0.4) is 0 Å². The van der Waals surface area contributed by atoms with E-state index in [1.165, 1.54) is 5.56 Å². The van der Waals surface area contributed by atoms with E-state index >= 15 is 0 Å². The minimum absolute atomic E-state index is 0.346. The predicted molar refractivity (Wildman–Crippen MR) is 58.2 cm³/mol. The van der Waals surface area contributed by atoms with E-state index in [2.05, 4.69) is 36.4 Å². The Bertz CT molecular complexity index is 432. The molecule has 15 heavy (non-hydrogen) atoms. The maximum Gasteiger partial charge on any atom is 0.231 e. The van der Waals surface area contributed by atoms with Crippen molar-refractivity contribution in [2.75, 3.05) is 6.79 Å². The fourth-order valence-corrected chi connectivity index (χ4v) is 1.97. The summed E-state index contributed by atoms with van der Waals surface area (Å²) < 4.78 is 10.7. The molecular weight excluding hydrogens is 188 g/mol. The first-order chi connectivity index (χ1) is 7.43. The molecule has 2 nitrogen and oxygen atoms in total. The highest BCUT2D eigenvalue weighted by Crippen LogP contribution is 2.36. The number of benzene rings is 1. The normalized spacial score (nSPS) is 22.0. The van der Waals surface area contributed by atoms with Crippen LogP contribution in [0, 0.1) is 0 Å². The van der Waals surface area contributed by atoms with Crippen LogP contribution in [0.25, 0.3) is 0 Å². The molecule has 1 heterocycles. The van der Waals surface area contributed by atoms with Crippen molar-refractivity contribution in [3.63, 3.8) is 0 Å².